The lowest BCUT2D eigenvalue weighted by molar-refractivity contribution is -0.142. The fourth-order valence-corrected chi connectivity index (χ4v) is 2.34. The molecule has 0 saturated heterocycles. The molecular formula is C18H18F3NO2. The second kappa shape index (κ2) is 7.97. The van der Waals surface area contributed by atoms with Crippen LogP contribution < -0.4 is 5.32 Å². The van der Waals surface area contributed by atoms with Crippen LogP contribution in [0.2, 0.25) is 0 Å². The summed E-state index contributed by atoms with van der Waals surface area (Å²) in [4.78, 5) is 12.0. The maximum Gasteiger partial charge on any atom is 0.416 e. The van der Waals surface area contributed by atoms with Crippen LogP contribution in [0.4, 0.5) is 13.2 Å². The number of esters is 1. The summed E-state index contributed by atoms with van der Waals surface area (Å²) in [7, 11) is 1.26. The molecule has 2 aromatic rings. The van der Waals surface area contributed by atoms with E-state index in [1.54, 1.807) is 0 Å². The highest BCUT2D eigenvalue weighted by molar-refractivity contribution is 5.78. The van der Waals surface area contributed by atoms with Gasteiger partial charge in [0, 0.05) is 13.1 Å². The molecule has 0 aliphatic rings. The molecule has 2 rings (SSSR count). The Hall–Kier alpha value is -2.34. The minimum absolute atomic E-state index is 0.271. The number of hydrogen-bond acceptors (Lipinski definition) is 3. The maximum absolute atomic E-state index is 12.6. The standard InChI is InChI=1S/C18H18F3NO2/c1-24-17(23)16(12-22-11-13-5-3-2-4-6-13)14-7-9-15(10-8-14)18(19,20)21/h2-10,16,22H,11-12H2,1H3/t16-/m1/s1. The van der Waals surface area contributed by atoms with Crippen molar-refractivity contribution < 1.29 is 22.7 Å². The van der Waals surface area contributed by atoms with E-state index < -0.39 is 23.6 Å². The van der Waals surface area contributed by atoms with Gasteiger partial charge in [0.05, 0.1) is 18.6 Å². The molecule has 6 heteroatoms. The Balaban J connectivity index is 2.06. The molecular weight excluding hydrogens is 319 g/mol. The summed E-state index contributed by atoms with van der Waals surface area (Å²) in [6, 6.07) is 14.2. The van der Waals surface area contributed by atoms with Crippen molar-refractivity contribution in [2.75, 3.05) is 13.7 Å². The smallest absolute Gasteiger partial charge is 0.416 e. The molecule has 0 spiro atoms. The molecule has 0 radical (unpaired) electrons. The van der Waals surface area contributed by atoms with Gasteiger partial charge in [-0.05, 0) is 23.3 Å². The zero-order valence-electron chi connectivity index (χ0n) is 13.1. The van der Waals surface area contributed by atoms with E-state index >= 15 is 0 Å². The summed E-state index contributed by atoms with van der Waals surface area (Å²) >= 11 is 0. The van der Waals surface area contributed by atoms with Gasteiger partial charge in [-0.3, -0.25) is 4.79 Å². The molecule has 0 bridgehead atoms. The van der Waals surface area contributed by atoms with Crippen LogP contribution in [0.5, 0.6) is 0 Å². The number of carbonyl (C=O) groups is 1. The van der Waals surface area contributed by atoms with Gasteiger partial charge in [0.2, 0.25) is 0 Å². The molecule has 0 unspecified atom stereocenters. The molecule has 2 aromatic carbocycles. The summed E-state index contributed by atoms with van der Waals surface area (Å²) in [6.45, 7) is 0.821. The van der Waals surface area contributed by atoms with Crippen molar-refractivity contribution in [2.45, 2.75) is 18.6 Å². The average molecular weight is 337 g/mol. The molecule has 0 aromatic heterocycles. The van der Waals surface area contributed by atoms with Crippen LogP contribution in [0.25, 0.3) is 0 Å². The van der Waals surface area contributed by atoms with Gasteiger partial charge in [0.1, 0.15) is 0 Å². The first kappa shape index (κ1) is 18.0. The molecule has 1 atom stereocenters. The third-order valence-corrected chi connectivity index (χ3v) is 3.65. The van der Waals surface area contributed by atoms with E-state index in [9.17, 15) is 18.0 Å². The molecule has 3 nitrogen and oxygen atoms in total. The van der Waals surface area contributed by atoms with Gasteiger partial charge < -0.3 is 10.1 Å². The van der Waals surface area contributed by atoms with Crippen molar-refractivity contribution in [3.63, 3.8) is 0 Å². The van der Waals surface area contributed by atoms with Gasteiger partial charge in [-0.2, -0.15) is 13.2 Å². The number of benzene rings is 2. The first-order valence-electron chi connectivity index (χ1n) is 7.41. The highest BCUT2D eigenvalue weighted by Gasteiger charge is 2.31. The monoisotopic (exact) mass is 337 g/mol. The number of alkyl halides is 3. The van der Waals surface area contributed by atoms with Gasteiger partial charge in [-0.15, -0.1) is 0 Å². The molecule has 1 N–H and O–H groups in total. The Morgan fingerprint density at radius 1 is 1.08 bits per heavy atom. The zero-order chi connectivity index (χ0) is 17.6. The van der Waals surface area contributed by atoms with E-state index in [4.69, 9.17) is 4.74 Å². The second-order valence-electron chi connectivity index (χ2n) is 5.31. The number of carbonyl (C=O) groups excluding carboxylic acids is 1. The van der Waals surface area contributed by atoms with E-state index in [-0.39, 0.29) is 6.54 Å². The topological polar surface area (TPSA) is 38.3 Å². The summed E-state index contributed by atoms with van der Waals surface area (Å²) in [5.74, 6) is -1.16. The Kier molecular flexibility index (Phi) is 5.98. The van der Waals surface area contributed by atoms with Crippen LogP contribution in [0.3, 0.4) is 0 Å². The molecule has 24 heavy (non-hydrogen) atoms. The van der Waals surface area contributed by atoms with Gasteiger partial charge in [-0.25, -0.2) is 0 Å². The van der Waals surface area contributed by atoms with Crippen molar-refractivity contribution in [1.29, 1.82) is 0 Å². The molecule has 0 heterocycles. The molecule has 0 aliphatic heterocycles. The summed E-state index contributed by atoms with van der Waals surface area (Å²) in [5, 5.41) is 3.14. The minimum Gasteiger partial charge on any atom is -0.469 e. The number of rotatable bonds is 6. The number of halogens is 3. The normalized spacial score (nSPS) is 12.7. The van der Waals surface area contributed by atoms with Crippen molar-refractivity contribution in [3.8, 4) is 0 Å². The molecule has 0 amide bonds. The van der Waals surface area contributed by atoms with Crippen LogP contribution in [0.1, 0.15) is 22.6 Å². The van der Waals surface area contributed by atoms with E-state index in [1.807, 2.05) is 30.3 Å². The van der Waals surface area contributed by atoms with Crippen molar-refractivity contribution in [2.24, 2.45) is 0 Å². The first-order chi connectivity index (χ1) is 11.4. The third-order valence-electron chi connectivity index (χ3n) is 3.65. The van der Waals surface area contributed by atoms with Gasteiger partial charge in [0.15, 0.2) is 0 Å². The minimum atomic E-state index is -4.40. The lowest BCUT2D eigenvalue weighted by Crippen LogP contribution is -2.27. The quantitative estimate of drug-likeness (QED) is 0.816. The van der Waals surface area contributed by atoms with Gasteiger partial charge in [0.25, 0.3) is 0 Å². The number of ether oxygens (including phenoxy) is 1. The highest BCUT2D eigenvalue weighted by Crippen LogP contribution is 2.30. The molecule has 0 fully saturated rings. The summed E-state index contributed by atoms with van der Waals surface area (Å²) in [6.07, 6.45) is -4.40. The predicted octanol–water partition coefficient (Wildman–Crippen LogP) is 3.75. The summed E-state index contributed by atoms with van der Waals surface area (Å²) in [5.41, 5.74) is 0.788. The Bertz CT molecular complexity index is 654. The highest BCUT2D eigenvalue weighted by atomic mass is 19.4. The second-order valence-corrected chi connectivity index (χ2v) is 5.31. The van der Waals surface area contributed by atoms with Gasteiger partial charge in [-0.1, -0.05) is 42.5 Å². The fourth-order valence-electron chi connectivity index (χ4n) is 2.34. The molecule has 0 saturated carbocycles. The Labute approximate surface area is 138 Å². The Morgan fingerprint density at radius 3 is 2.25 bits per heavy atom. The lowest BCUT2D eigenvalue weighted by atomic mass is 9.97. The fraction of sp³-hybridized carbons (Fsp3) is 0.278. The third kappa shape index (κ3) is 4.83. The van der Waals surface area contributed by atoms with E-state index in [2.05, 4.69) is 5.32 Å². The van der Waals surface area contributed by atoms with Crippen molar-refractivity contribution >= 4 is 5.97 Å². The van der Waals surface area contributed by atoms with Crippen molar-refractivity contribution in [3.05, 3.63) is 71.3 Å². The SMILES string of the molecule is COC(=O)[C@H](CNCc1ccccc1)c1ccc(C(F)(F)F)cc1. The van der Waals surface area contributed by atoms with Crippen LogP contribution in [-0.2, 0) is 22.3 Å². The van der Waals surface area contributed by atoms with E-state index in [0.717, 1.165) is 17.7 Å². The van der Waals surface area contributed by atoms with Gasteiger partial charge >= 0.3 is 12.1 Å². The maximum atomic E-state index is 12.6. The zero-order valence-corrected chi connectivity index (χ0v) is 13.1. The summed E-state index contributed by atoms with van der Waals surface area (Å²) < 4.78 is 42.7. The first-order valence-corrected chi connectivity index (χ1v) is 7.41. The van der Waals surface area contributed by atoms with Crippen molar-refractivity contribution in [1.82, 2.24) is 5.32 Å². The largest absolute Gasteiger partial charge is 0.469 e. The number of hydrogen-bond donors (Lipinski definition) is 1. The van der Waals surface area contributed by atoms with E-state index in [1.165, 1.54) is 19.2 Å². The molecule has 128 valence electrons. The Morgan fingerprint density at radius 2 is 1.71 bits per heavy atom. The van der Waals surface area contributed by atoms with Crippen LogP contribution in [-0.4, -0.2) is 19.6 Å². The van der Waals surface area contributed by atoms with Crippen LogP contribution >= 0.6 is 0 Å². The van der Waals surface area contributed by atoms with Crippen LogP contribution in [0.15, 0.2) is 54.6 Å². The van der Waals surface area contributed by atoms with Crippen LogP contribution in [0, 0.1) is 0 Å². The average Bonchev–Trinajstić information content (AvgIpc) is 2.58. The van der Waals surface area contributed by atoms with E-state index in [0.29, 0.717) is 12.1 Å². The number of nitrogens with one attached hydrogen (secondary N) is 1. The molecule has 0 aliphatic carbocycles. The lowest BCUT2D eigenvalue weighted by Gasteiger charge is -2.17. The predicted molar refractivity (Wildman–Crippen MR) is 84.3 cm³/mol. The number of methoxy groups -OCH3 is 1.